The van der Waals surface area contributed by atoms with Crippen LogP contribution in [-0.4, -0.2) is 34.3 Å². The molecule has 3 rings (SSSR count). The van der Waals surface area contributed by atoms with Crippen molar-refractivity contribution in [2.45, 2.75) is 6.18 Å². The quantitative estimate of drug-likeness (QED) is 0.259. The van der Waals surface area contributed by atoms with Crippen molar-refractivity contribution in [1.29, 1.82) is 0 Å². The first-order valence-electron chi connectivity index (χ1n) is 11.0. The van der Waals surface area contributed by atoms with Gasteiger partial charge < -0.3 is 24.3 Å². The molecule has 0 radical (unpaired) electrons. The van der Waals surface area contributed by atoms with Crippen LogP contribution in [0.15, 0.2) is 60.7 Å². The lowest BCUT2D eigenvalue weighted by Gasteiger charge is -2.13. The van der Waals surface area contributed by atoms with E-state index in [-0.39, 0.29) is 0 Å². The molecule has 9 heteroatoms. The van der Waals surface area contributed by atoms with Gasteiger partial charge in [-0.2, -0.15) is 13.2 Å². The number of halogens is 3. The standard InChI is InChI=1S/C28H26F3NO5/c1-34-23-15-19(5-6-20-16-24(35-2)27(37-4)25(17-20)36-3)9-13-22(23)32-26(33)14-10-18-7-11-21(12-8-18)28(29,30)31/h5-17H,1-4H3,(H,32,33)/b6-5+,14-10+. The van der Waals surface area contributed by atoms with E-state index in [1.807, 2.05) is 24.3 Å². The molecule has 3 aromatic rings. The van der Waals surface area contributed by atoms with Crippen molar-refractivity contribution in [2.75, 3.05) is 33.8 Å². The number of hydrogen-bond acceptors (Lipinski definition) is 5. The van der Waals surface area contributed by atoms with E-state index in [4.69, 9.17) is 18.9 Å². The normalized spacial score (nSPS) is 11.5. The number of methoxy groups -OCH3 is 4. The van der Waals surface area contributed by atoms with Gasteiger partial charge in [0.25, 0.3) is 0 Å². The van der Waals surface area contributed by atoms with Crippen molar-refractivity contribution in [2.24, 2.45) is 0 Å². The van der Waals surface area contributed by atoms with Gasteiger partial charge in [0.2, 0.25) is 11.7 Å². The minimum atomic E-state index is -4.41. The zero-order valence-corrected chi connectivity index (χ0v) is 20.7. The Morgan fingerprint density at radius 2 is 1.24 bits per heavy atom. The van der Waals surface area contributed by atoms with Gasteiger partial charge in [0, 0.05) is 6.08 Å². The molecular formula is C28H26F3NO5. The molecule has 194 valence electrons. The molecule has 0 bridgehead atoms. The van der Waals surface area contributed by atoms with Crippen molar-refractivity contribution in [3.8, 4) is 23.0 Å². The highest BCUT2D eigenvalue weighted by molar-refractivity contribution is 6.02. The van der Waals surface area contributed by atoms with Crippen molar-refractivity contribution >= 4 is 29.8 Å². The Hall–Kier alpha value is -4.40. The highest BCUT2D eigenvalue weighted by Gasteiger charge is 2.29. The van der Waals surface area contributed by atoms with Crippen molar-refractivity contribution in [3.05, 3.63) is 82.9 Å². The molecule has 0 heterocycles. The number of ether oxygens (including phenoxy) is 4. The number of nitrogens with one attached hydrogen (secondary N) is 1. The predicted molar refractivity (Wildman–Crippen MR) is 137 cm³/mol. The van der Waals surface area contributed by atoms with Crippen LogP contribution in [0, 0.1) is 0 Å². The van der Waals surface area contributed by atoms with Crippen LogP contribution in [0.5, 0.6) is 23.0 Å². The molecule has 0 aromatic heterocycles. The van der Waals surface area contributed by atoms with Crippen LogP contribution in [0.4, 0.5) is 18.9 Å². The third-order valence-corrected chi connectivity index (χ3v) is 5.30. The summed E-state index contributed by atoms with van der Waals surface area (Å²) in [5, 5.41) is 2.71. The number of benzene rings is 3. The molecule has 0 atom stereocenters. The molecule has 0 saturated heterocycles. The van der Waals surface area contributed by atoms with E-state index in [0.717, 1.165) is 23.3 Å². The fourth-order valence-corrected chi connectivity index (χ4v) is 3.43. The molecule has 3 aromatic carbocycles. The van der Waals surface area contributed by atoms with Gasteiger partial charge in [0.05, 0.1) is 39.7 Å². The average Bonchev–Trinajstić information content (AvgIpc) is 2.90. The Balaban J connectivity index is 1.72. The highest BCUT2D eigenvalue weighted by Crippen LogP contribution is 2.38. The maximum absolute atomic E-state index is 12.7. The van der Waals surface area contributed by atoms with E-state index >= 15 is 0 Å². The second-order valence-electron chi connectivity index (χ2n) is 7.69. The first-order valence-corrected chi connectivity index (χ1v) is 11.0. The molecule has 0 saturated carbocycles. The highest BCUT2D eigenvalue weighted by atomic mass is 19.4. The smallest absolute Gasteiger partial charge is 0.416 e. The van der Waals surface area contributed by atoms with Gasteiger partial charge in [0.1, 0.15) is 5.75 Å². The SMILES string of the molecule is COc1cc(/C=C/c2cc(OC)c(OC)c(OC)c2)ccc1NC(=O)/C=C/c1ccc(C(F)(F)F)cc1. The van der Waals surface area contributed by atoms with Gasteiger partial charge in [-0.25, -0.2) is 0 Å². The lowest BCUT2D eigenvalue weighted by atomic mass is 10.1. The Labute approximate surface area is 212 Å². The lowest BCUT2D eigenvalue weighted by Crippen LogP contribution is -2.09. The van der Waals surface area contributed by atoms with Crippen LogP contribution in [0.3, 0.4) is 0 Å². The molecule has 0 aliphatic heterocycles. The molecular weight excluding hydrogens is 487 g/mol. The van der Waals surface area contributed by atoms with Gasteiger partial charge in [-0.1, -0.05) is 30.4 Å². The van der Waals surface area contributed by atoms with Crippen molar-refractivity contribution in [1.82, 2.24) is 0 Å². The van der Waals surface area contributed by atoms with E-state index in [1.165, 1.54) is 38.5 Å². The Kier molecular flexibility index (Phi) is 8.84. The summed E-state index contributed by atoms with van der Waals surface area (Å²) in [6.07, 6.45) is 1.98. The fraction of sp³-hybridized carbons (Fsp3) is 0.179. The van der Waals surface area contributed by atoms with Crippen LogP contribution >= 0.6 is 0 Å². The van der Waals surface area contributed by atoms with Gasteiger partial charge in [-0.05, 0) is 59.2 Å². The summed E-state index contributed by atoms with van der Waals surface area (Å²) in [4.78, 5) is 12.4. The first kappa shape index (κ1) is 27.2. The lowest BCUT2D eigenvalue weighted by molar-refractivity contribution is -0.137. The second kappa shape index (κ2) is 12.0. The topological polar surface area (TPSA) is 66.0 Å². The number of carbonyl (C=O) groups excluding carboxylic acids is 1. The predicted octanol–water partition coefficient (Wildman–Crippen LogP) is 6.56. The number of anilines is 1. The maximum atomic E-state index is 12.7. The summed E-state index contributed by atoms with van der Waals surface area (Å²) >= 11 is 0. The molecule has 0 spiro atoms. The van der Waals surface area contributed by atoms with E-state index in [9.17, 15) is 18.0 Å². The van der Waals surface area contributed by atoms with E-state index in [2.05, 4.69) is 5.32 Å². The molecule has 0 aliphatic rings. The van der Waals surface area contributed by atoms with E-state index < -0.39 is 17.6 Å². The van der Waals surface area contributed by atoms with Crippen molar-refractivity contribution in [3.63, 3.8) is 0 Å². The summed E-state index contributed by atoms with van der Waals surface area (Å²) in [5.74, 6) is 1.53. The summed E-state index contributed by atoms with van der Waals surface area (Å²) in [6.45, 7) is 0. The van der Waals surface area contributed by atoms with Crippen LogP contribution in [0.2, 0.25) is 0 Å². The van der Waals surface area contributed by atoms with Gasteiger partial charge >= 0.3 is 6.18 Å². The average molecular weight is 514 g/mol. The second-order valence-corrected chi connectivity index (χ2v) is 7.69. The molecule has 37 heavy (non-hydrogen) atoms. The number of hydrogen-bond donors (Lipinski definition) is 1. The third-order valence-electron chi connectivity index (χ3n) is 5.30. The van der Waals surface area contributed by atoms with E-state index in [0.29, 0.717) is 34.2 Å². The van der Waals surface area contributed by atoms with Crippen molar-refractivity contribution < 1.29 is 36.9 Å². The molecule has 1 N–H and O–H groups in total. The summed E-state index contributed by atoms with van der Waals surface area (Å²) in [6, 6.07) is 13.4. The summed E-state index contributed by atoms with van der Waals surface area (Å²) in [5.41, 5.74) is 1.78. The van der Waals surface area contributed by atoms with E-state index in [1.54, 1.807) is 32.4 Å². The minimum absolute atomic E-state index is 0.434. The molecule has 1 amide bonds. The molecule has 0 unspecified atom stereocenters. The monoisotopic (exact) mass is 513 g/mol. The minimum Gasteiger partial charge on any atom is -0.495 e. The zero-order valence-electron chi connectivity index (χ0n) is 20.7. The molecule has 6 nitrogen and oxygen atoms in total. The maximum Gasteiger partial charge on any atom is 0.416 e. The van der Waals surface area contributed by atoms with Crippen LogP contribution in [-0.2, 0) is 11.0 Å². The molecule has 0 fully saturated rings. The number of rotatable bonds is 9. The number of amides is 1. The Morgan fingerprint density at radius 1 is 0.703 bits per heavy atom. The first-order chi connectivity index (χ1) is 17.7. The summed E-state index contributed by atoms with van der Waals surface area (Å²) in [7, 11) is 6.10. The summed E-state index contributed by atoms with van der Waals surface area (Å²) < 4.78 is 59.6. The van der Waals surface area contributed by atoms with Gasteiger partial charge in [-0.15, -0.1) is 0 Å². The van der Waals surface area contributed by atoms with Crippen LogP contribution < -0.4 is 24.3 Å². The number of carbonyl (C=O) groups is 1. The number of alkyl halides is 3. The van der Waals surface area contributed by atoms with Gasteiger partial charge in [-0.3, -0.25) is 4.79 Å². The molecule has 0 aliphatic carbocycles. The Morgan fingerprint density at radius 3 is 1.78 bits per heavy atom. The fourth-order valence-electron chi connectivity index (χ4n) is 3.43. The zero-order chi connectivity index (χ0) is 27.0. The van der Waals surface area contributed by atoms with Crippen LogP contribution in [0.1, 0.15) is 22.3 Å². The Bertz CT molecular complexity index is 1270. The largest absolute Gasteiger partial charge is 0.495 e. The third kappa shape index (κ3) is 7.07. The van der Waals surface area contributed by atoms with Gasteiger partial charge in [0.15, 0.2) is 11.5 Å². The van der Waals surface area contributed by atoms with Crippen LogP contribution in [0.25, 0.3) is 18.2 Å².